The van der Waals surface area contributed by atoms with E-state index >= 15 is 0 Å². The quantitative estimate of drug-likeness (QED) is 0.620. The molecule has 16 heavy (non-hydrogen) atoms. The number of rotatable bonds is 3. The molecule has 1 N–H and O–H groups in total. The van der Waals surface area contributed by atoms with Crippen LogP contribution in [-0.4, -0.2) is 42.6 Å². The molecule has 8 nitrogen and oxygen atoms in total. The Hall–Kier alpha value is -2.12. The predicted molar refractivity (Wildman–Crippen MR) is 47.6 cm³/mol. The van der Waals surface area contributed by atoms with Crippen LogP contribution >= 0.6 is 0 Å². The molecule has 0 aliphatic carbocycles. The minimum atomic E-state index is -0.922. The van der Waals surface area contributed by atoms with E-state index in [4.69, 9.17) is 0 Å². The van der Waals surface area contributed by atoms with Crippen molar-refractivity contribution in [3.63, 3.8) is 0 Å². The third kappa shape index (κ3) is 2.94. The lowest BCUT2D eigenvalue weighted by atomic mass is 10.4. The maximum Gasteiger partial charge on any atom is 0.407 e. The highest BCUT2D eigenvalue weighted by molar-refractivity contribution is 6.01. The number of hydrogen-bond donors (Lipinski definition) is 1. The van der Waals surface area contributed by atoms with Crippen molar-refractivity contribution in [2.24, 2.45) is 0 Å². The van der Waals surface area contributed by atoms with Crippen LogP contribution in [0, 0.1) is 0 Å². The van der Waals surface area contributed by atoms with Crippen LogP contribution in [0.1, 0.15) is 12.8 Å². The van der Waals surface area contributed by atoms with Crippen LogP contribution in [0.25, 0.3) is 0 Å². The third-order valence-electron chi connectivity index (χ3n) is 1.76. The van der Waals surface area contributed by atoms with Gasteiger partial charge in [-0.1, -0.05) is 0 Å². The molecule has 0 atom stereocenters. The van der Waals surface area contributed by atoms with Gasteiger partial charge >= 0.3 is 12.1 Å². The molecule has 88 valence electrons. The molecule has 8 heteroatoms. The summed E-state index contributed by atoms with van der Waals surface area (Å²) in [5.41, 5.74) is 0. The highest BCUT2D eigenvalue weighted by Gasteiger charge is 2.32. The van der Waals surface area contributed by atoms with Gasteiger partial charge in [0.15, 0.2) is 0 Å². The second-order valence-electron chi connectivity index (χ2n) is 2.89. The summed E-state index contributed by atoms with van der Waals surface area (Å²) >= 11 is 0. The first kappa shape index (κ1) is 12.0. The standard InChI is InChI=1S/C8H10N2O6/c1-15-8(14)9-4-7(13)16-10-5(11)2-3-6(10)12/h2-4H2,1H3,(H,9,14). The van der Waals surface area contributed by atoms with E-state index in [-0.39, 0.29) is 12.8 Å². The number of carbonyl (C=O) groups excluding carboxylic acids is 4. The second-order valence-corrected chi connectivity index (χ2v) is 2.89. The zero-order chi connectivity index (χ0) is 12.1. The van der Waals surface area contributed by atoms with Crippen molar-refractivity contribution in [3.8, 4) is 0 Å². The lowest BCUT2D eigenvalue weighted by Crippen LogP contribution is -2.37. The van der Waals surface area contributed by atoms with Crippen molar-refractivity contribution in [3.05, 3.63) is 0 Å². The zero-order valence-electron chi connectivity index (χ0n) is 8.52. The molecule has 1 aliphatic heterocycles. The highest BCUT2D eigenvalue weighted by Crippen LogP contribution is 2.11. The van der Waals surface area contributed by atoms with Crippen molar-refractivity contribution in [2.75, 3.05) is 13.7 Å². The van der Waals surface area contributed by atoms with E-state index in [1.165, 1.54) is 0 Å². The van der Waals surface area contributed by atoms with Gasteiger partial charge in [-0.15, -0.1) is 5.06 Å². The number of carbonyl (C=O) groups is 4. The van der Waals surface area contributed by atoms with Gasteiger partial charge < -0.3 is 14.9 Å². The molecule has 0 spiro atoms. The predicted octanol–water partition coefficient (Wildman–Crippen LogP) is -1.05. The SMILES string of the molecule is COC(=O)NCC(=O)ON1C(=O)CCC1=O. The minimum Gasteiger partial charge on any atom is -0.453 e. The summed E-state index contributed by atoms with van der Waals surface area (Å²) in [6, 6.07) is 0. The monoisotopic (exact) mass is 230 g/mol. The summed E-state index contributed by atoms with van der Waals surface area (Å²) < 4.78 is 4.21. The molecule has 1 fully saturated rings. The largest absolute Gasteiger partial charge is 0.453 e. The van der Waals surface area contributed by atoms with Crippen LogP contribution < -0.4 is 5.32 Å². The molecule has 0 unspecified atom stereocenters. The van der Waals surface area contributed by atoms with Crippen molar-refractivity contribution >= 4 is 23.9 Å². The van der Waals surface area contributed by atoms with Gasteiger partial charge in [0.2, 0.25) is 0 Å². The van der Waals surface area contributed by atoms with Crippen LogP contribution in [0.15, 0.2) is 0 Å². The van der Waals surface area contributed by atoms with Gasteiger partial charge in [-0.2, -0.15) is 0 Å². The van der Waals surface area contributed by atoms with Crippen LogP contribution in [0.5, 0.6) is 0 Å². The van der Waals surface area contributed by atoms with Crippen molar-refractivity contribution in [1.29, 1.82) is 0 Å². The number of imide groups is 1. The molecule has 0 aromatic carbocycles. The summed E-state index contributed by atoms with van der Waals surface area (Å²) in [6.07, 6.45) is -0.761. The Morgan fingerprint density at radius 1 is 1.31 bits per heavy atom. The van der Waals surface area contributed by atoms with Crippen molar-refractivity contribution in [2.45, 2.75) is 12.8 Å². The first-order chi connectivity index (χ1) is 7.54. The lowest BCUT2D eigenvalue weighted by molar-refractivity contribution is -0.196. The van der Waals surface area contributed by atoms with Crippen molar-refractivity contribution < 1.29 is 28.8 Å². The second kappa shape index (κ2) is 5.10. The average Bonchev–Trinajstić information content (AvgIpc) is 2.57. The van der Waals surface area contributed by atoms with E-state index in [0.717, 1.165) is 7.11 Å². The first-order valence-electron chi connectivity index (χ1n) is 4.43. The zero-order valence-corrected chi connectivity index (χ0v) is 8.52. The topological polar surface area (TPSA) is 102 Å². The summed E-state index contributed by atoms with van der Waals surface area (Å²) in [5, 5.41) is 2.45. The summed E-state index contributed by atoms with van der Waals surface area (Å²) in [7, 11) is 1.13. The fraction of sp³-hybridized carbons (Fsp3) is 0.500. The van der Waals surface area contributed by atoms with E-state index in [1.807, 2.05) is 0 Å². The normalized spacial score (nSPS) is 14.9. The molecule has 0 saturated carbocycles. The maximum atomic E-state index is 11.1. The van der Waals surface area contributed by atoms with E-state index < -0.39 is 30.4 Å². The Labute approximate surface area is 90.4 Å². The Kier molecular flexibility index (Phi) is 3.81. The van der Waals surface area contributed by atoms with Crippen LogP contribution in [0.4, 0.5) is 4.79 Å². The molecule has 1 rings (SSSR count). The van der Waals surface area contributed by atoms with E-state index in [9.17, 15) is 19.2 Å². The minimum absolute atomic E-state index is 0.0243. The number of hydrogen-bond acceptors (Lipinski definition) is 6. The third-order valence-corrected chi connectivity index (χ3v) is 1.76. The Morgan fingerprint density at radius 2 is 1.88 bits per heavy atom. The summed E-state index contributed by atoms with van der Waals surface area (Å²) in [6.45, 7) is -0.482. The van der Waals surface area contributed by atoms with Gasteiger partial charge in [0.25, 0.3) is 11.8 Å². The molecule has 1 heterocycles. The van der Waals surface area contributed by atoms with Gasteiger partial charge in [-0.3, -0.25) is 9.59 Å². The van der Waals surface area contributed by atoms with Gasteiger partial charge in [-0.25, -0.2) is 9.59 Å². The van der Waals surface area contributed by atoms with Crippen LogP contribution in [0.2, 0.25) is 0 Å². The molecular weight excluding hydrogens is 220 g/mol. The van der Waals surface area contributed by atoms with Gasteiger partial charge in [0.05, 0.1) is 7.11 Å². The Morgan fingerprint density at radius 3 is 2.38 bits per heavy atom. The number of nitrogens with one attached hydrogen (secondary N) is 1. The van der Waals surface area contributed by atoms with Crippen molar-refractivity contribution in [1.82, 2.24) is 10.4 Å². The van der Waals surface area contributed by atoms with Gasteiger partial charge in [0.1, 0.15) is 6.54 Å². The Balaban J connectivity index is 2.36. The number of nitrogens with zero attached hydrogens (tertiary/aromatic N) is 1. The fourth-order valence-corrected chi connectivity index (χ4v) is 1.01. The molecular formula is C8H10N2O6. The molecule has 3 amide bonds. The van der Waals surface area contributed by atoms with Gasteiger partial charge in [0, 0.05) is 12.8 Å². The molecule has 0 radical (unpaired) electrons. The maximum absolute atomic E-state index is 11.1. The lowest BCUT2D eigenvalue weighted by Gasteiger charge is -2.12. The first-order valence-corrected chi connectivity index (χ1v) is 4.43. The number of methoxy groups -OCH3 is 1. The van der Waals surface area contributed by atoms with E-state index in [0.29, 0.717) is 5.06 Å². The molecule has 1 aliphatic rings. The summed E-state index contributed by atoms with van der Waals surface area (Å²) in [4.78, 5) is 48.2. The van der Waals surface area contributed by atoms with Gasteiger partial charge in [-0.05, 0) is 0 Å². The van der Waals surface area contributed by atoms with Crippen LogP contribution in [-0.2, 0) is 24.0 Å². The molecule has 1 saturated heterocycles. The summed E-state index contributed by atoms with van der Waals surface area (Å²) in [5.74, 6) is -2.07. The highest BCUT2D eigenvalue weighted by atomic mass is 16.7. The molecule has 0 aromatic heterocycles. The average molecular weight is 230 g/mol. The molecule has 0 bridgehead atoms. The van der Waals surface area contributed by atoms with Crippen LogP contribution in [0.3, 0.4) is 0 Å². The smallest absolute Gasteiger partial charge is 0.407 e. The number of hydroxylamine groups is 2. The fourth-order valence-electron chi connectivity index (χ4n) is 1.01. The number of alkyl carbamates (subject to hydrolysis) is 1. The van der Waals surface area contributed by atoms with E-state index in [1.54, 1.807) is 0 Å². The van der Waals surface area contributed by atoms with E-state index in [2.05, 4.69) is 14.9 Å². The number of amides is 3. The number of ether oxygens (including phenoxy) is 1. The Bertz CT molecular complexity index is 323. The molecule has 0 aromatic rings.